The Morgan fingerprint density at radius 2 is 1.78 bits per heavy atom. The molecule has 0 saturated heterocycles. The van der Waals surface area contributed by atoms with Gasteiger partial charge in [-0.05, 0) is 24.3 Å². The maximum atomic E-state index is 12.8. The summed E-state index contributed by atoms with van der Waals surface area (Å²) in [7, 11) is 3.21. The number of likely N-dealkylation sites (N-methyl/N-ethyl adjacent to an activating group) is 1. The molecule has 0 aliphatic heterocycles. The van der Waals surface area contributed by atoms with Gasteiger partial charge in [-0.15, -0.1) is 0 Å². The average Bonchev–Trinajstić information content (AvgIpc) is 2.55. The molecule has 1 heterocycles. The minimum atomic E-state index is -0.437. The van der Waals surface area contributed by atoms with Crippen molar-refractivity contribution in [3.63, 3.8) is 0 Å². The van der Waals surface area contributed by atoms with Crippen LogP contribution in [-0.4, -0.2) is 47.4 Å². The van der Waals surface area contributed by atoms with Crippen molar-refractivity contribution in [3.05, 3.63) is 48.0 Å². The fourth-order valence-corrected chi connectivity index (χ4v) is 1.50. The number of hydrogen-bond acceptors (Lipinski definition) is 5. The first-order chi connectivity index (χ1) is 11.0. The van der Waals surface area contributed by atoms with Crippen LogP contribution in [0.5, 0.6) is 6.01 Å². The van der Waals surface area contributed by atoms with Crippen LogP contribution in [0.3, 0.4) is 0 Å². The molecule has 0 fully saturated rings. The number of nitrogens with zero attached hydrogens (tertiary/aromatic N) is 3. The summed E-state index contributed by atoms with van der Waals surface area (Å²) in [5.74, 6) is -1.06. The van der Waals surface area contributed by atoms with Crippen LogP contribution in [0.1, 0.15) is 10.4 Å². The van der Waals surface area contributed by atoms with Crippen LogP contribution in [0.2, 0.25) is 0 Å². The topological polar surface area (TPSA) is 84.4 Å². The van der Waals surface area contributed by atoms with E-state index in [4.69, 9.17) is 4.74 Å². The molecule has 2 amide bonds. The van der Waals surface area contributed by atoms with E-state index in [1.54, 1.807) is 14.1 Å². The summed E-state index contributed by atoms with van der Waals surface area (Å²) < 4.78 is 17.9. The Kier molecular flexibility index (Phi) is 5.19. The van der Waals surface area contributed by atoms with Gasteiger partial charge in [-0.25, -0.2) is 14.4 Å². The fourth-order valence-electron chi connectivity index (χ4n) is 1.50. The molecule has 7 nitrogen and oxygen atoms in total. The van der Waals surface area contributed by atoms with Crippen molar-refractivity contribution in [3.8, 4) is 6.01 Å². The van der Waals surface area contributed by atoms with Gasteiger partial charge in [0.15, 0.2) is 6.61 Å². The summed E-state index contributed by atoms with van der Waals surface area (Å²) in [6.07, 6.45) is 2.56. The van der Waals surface area contributed by atoms with E-state index in [1.165, 1.54) is 41.6 Å². The number of amides is 2. The summed E-state index contributed by atoms with van der Waals surface area (Å²) in [5.41, 5.74) is 0.661. The summed E-state index contributed by atoms with van der Waals surface area (Å²) >= 11 is 0. The van der Waals surface area contributed by atoms with Crippen molar-refractivity contribution in [2.75, 3.05) is 26.0 Å². The number of aromatic nitrogens is 2. The Morgan fingerprint density at radius 3 is 2.35 bits per heavy atom. The molecular formula is C15H15FN4O3. The summed E-state index contributed by atoms with van der Waals surface area (Å²) in [5, 5.41) is 2.58. The molecule has 1 aromatic carbocycles. The zero-order valence-corrected chi connectivity index (χ0v) is 12.6. The lowest BCUT2D eigenvalue weighted by atomic mass is 10.2. The Labute approximate surface area is 132 Å². The predicted octanol–water partition coefficient (Wildman–Crippen LogP) is 1.33. The number of ether oxygens (including phenoxy) is 1. The molecule has 0 aliphatic carbocycles. The van der Waals surface area contributed by atoms with Crippen LogP contribution in [0.25, 0.3) is 0 Å². The number of rotatable bonds is 5. The van der Waals surface area contributed by atoms with E-state index < -0.39 is 5.91 Å². The minimum absolute atomic E-state index is 0.00136. The van der Waals surface area contributed by atoms with Crippen LogP contribution >= 0.6 is 0 Å². The highest BCUT2D eigenvalue weighted by molar-refractivity contribution is 6.03. The molecule has 0 radical (unpaired) electrons. The molecule has 1 N–H and O–H groups in total. The maximum Gasteiger partial charge on any atom is 0.316 e. The van der Waals surface area contributed by atoms with Crippen LogP contribution in [0.15, 0.2) is 36.7 Å². The van der Waals surface area contributed by atoms with E-state index in [0.29, 0.717) is 5.69 Å². The Balaban J connectivity index is 1.94. The number of halogens is 1. The van der Waals surface area contributed by atoms with Gasteiger partial charge in [0.2, 0.25) is 0 Å². The monoisotopic (exact) mass is 318 g/mol. The standard InChI is InChI=1S/C15H15FN4O3/c1-20(2)13(21)9-23-15-17-7-10(8-18-15)14(22)19-12-5-3-11(16)4-6-12/h3-8H,9H2,1-2H3,(H,19,22). The molecule has 120 valence electrons. The molecule has 23 heavy (non-hydrogen) atoms. The Hall–Kier alpha value is -3.03. The largest absolute Gasteiger partial charge is 0.453 e. The molecule has 0 aliphatic rings. The third-order valence-electron chi connectivity index (χ3n) is 2.82. The SMILES string of the molecule is CN(C)C(=O)COc1ncc(C(=O)Nc2ccc(F)cc2)cn1. The van der Waals surface area contributed by atoms with E-state index in [-0.39, 0.29) is 29.9 Å². The third kappa shape index (κ3) is 4.73. The van der Waals surface area contributed by atoms with Gasteiger partial charge < -0.3 is 15.0 Å². The number of carbonyl (C=O) groups excluding carboxylic acids is 2. The zero-order chi connectivity index (χ0) is 16.8. The maximum absolute atomic E-state index is 12.8. The lowest BCUT2D eigenvalue weighted by Gasteiger charge is -2.10. The molecule has 8 heteroatoms. The zero-order valence-electron chi connectivity index (χ0n) is 12.6. The van der Waals surface area contributed by atoms with Crippen molar-refractivity contribution in [2.45, 2.75) is 0 Å². The molecule has 2 rings (SSSR count). The van der Waals surface area contributed by atoms with Gasteiger partial charge in [0.1, 0.15) is 5.82 Å². The van der Waals surface area contributed by atoms with E-state index in [0.717, 1.165) is 0 Å². The first-order valence-electron chi connectivity index (χ1n) is 6.67. The lowest BCUT2D eigenvalue weighted by molar-refractivity contribution is -0.130. The molecule has 0 spiro atoms. The van der Waals surface area contributed by atoms with Gasteiger partial charge in [0.25, 0.3) is 11.8 Å². The average molecular weight is 318 g/mol. The van der Waals surface area contributed by atoms with Crippen LogP contribution < -0.4 is 10.1 Å². The predicted molar refractivity (Wildman–Crippen MR) is 80.6 cm³/mol. The van der Waals surface area contributed by atoms with E-state index >= 15 is 0 Å². The van der Waals surface area contributed by atoms with Gasteiger partial charge >= 0.3 is 6.01 Å². The van der Waals surface area contributed by atoms with Gasteiger partial charge in [-0.3, -0.25) is 9.59 Å². The number of nitrogens with one attached hydrogen (secondary N) is 1. The second-order valence-corrected chi connectivity index (χ2v) is 4.79. The Bertz CT molecular complexity index is 687. The van der Waals surface area contributed by atoms with Gasteiger partial charge in [-0.1, -0.05) is 0 Å². The highest BCUT2D eigenvalue weighted by Crippen LogP contribution is 2.10. The van der Waals surface area contributed by atoms with Gasteiger partial charge in [-0.2, -0.15) is 0 Å². The van der Waals surface area contributed by atoms with Crippen molar-refractivity contribution in [1.82, 2.24) is 14.9 Å². The van der Waals surface area contributed by atoms with Gasteiger partial charge in [0, 0.05) is 32.2 Å². The van der Waals surface area contributed by atoms with Crippen molar-refractivity contribution >= 4 is 17.5 Å². The fraction of sp³-hybridized carbons (Fsp3) is 0.200. The molecular weight excluding hydrogens is 303 g/mol. The summed E-state index contributed by atoms with van der Waals surface area (Å²) in [6, 6.07) is 5.37. The second kappa shape index (κ2) is 7.30. The minimum Gasteiger partial charge on any atom is -0.453 e. The summed E-state index contributed by atoms with van der Waals surface area (Å²) in [6.45, 7) is -0.186. The Morgan fingerprint density at radius 1 is 1.17 bits per heavy atom. The number of hydrogen-bond donors (Lipinski definition) is 1. The van der Waals surface area contributed by atoms with Crippen molar-refractivity contribution < 1.29 is 18.7 Å². The number of benzene rings is 1. The van der Waals surface area contributed by atoms with E-state index in [1.807, 2.05) is 0 Å². The summed E-state index contributed by atoms with van der Waals surface area (Å²) in [4.78, 5) is 32.5. The first kappa shape index (κ1) is 16.3. The molecule has 0 atom stereocenters. The third-order valence-corrected chi connectivity index (χ3v) is 2.82. The quantitative estimate of drug-likeness (QED) is 0.899. The van der Waals surface area contributed by atoms with Crippen LogP contribution in [-0.2, 0) is 4.79 Å². The smallest absolute Gasteiger partial charge is 0.316 e. The van der Waals surface area contributed by atoms with Crippen LogP contribution in [0.4, 0.5) is 10.1 Å². The number of anilines is 1. The molecule has 0 bridgehead atoms. The first-order valence-corrected chi connectivity index (χ1v) is 6.67. The van der Waals surface area contributed by atoms with Crippen molar-refractivity contribution in [2.24, 2.45) is 0 Å². The molecule has 0 saturated carbocycles. The highest BCUT2D eigenvalue weighted by atomic mass is 19.1. The molecule has 2 aromatic rings. The second-order valence-electron chi connectivity index (χ2n) is 4.79. The highest BCUT2D eigenvalue weighted by Gasteiger charge is 2.10. The number of carbonyl (C=O) groups is 2. The normalized spacial score (nSPS) is 10.0. The molecule has 0 unspecified atom stereocenters. The van der Waals surface area contributed by atoms with Crippen LogP contribution in [0, 0.1) is 5.82 Å². The lowest BCUT2D eigenvalue weighted by Crippen LogP contribution is -2.27. The molecule has 1 aromatic heterocycles. The van der Waals surface area contributed by atoms with E-state index in [9.17, 15) is 14.0 Å². The van der Waals surface area contributed by atoms with Gasteiger partial charge in [0.05, 0.1) is 5.56 Å². The van der Waals surface area contributed by atoms with Crippen molar-refractivity contribution in [1.29, 1.82) is 0 Å². The van der Waals surface area contributed by atoms with E-state index in [2.05, 4.69) is 15.3 Å².